The Balaban J connectivity index is 1.67. The van der Waals surface area contributed by atoms with Crippen LogP contribution in [0.15, 0.2) is 42.5 Å². The van der Waals surface area contributed by atoms with Gasteiger partial charge in [-0.2, -0.15) is 0 Å². The molecule has 1 aliphatic carbocycles. The van der Waals surface area contributed by atoms with Gasteiger partial charge in [0, 0.05) is 11.3 Å². The van der Waals surface area contributed by atoms with Gasteiger partial charge in [-0.15, -0.1) is 0 Å². The number of sulfonamides is 1. The van der Waals surface area contributed by atoms with Crippen LogP contribution < -0.4 is 14.8 Å². The van der Waals surface area contributed by atoms with Crippen LogP contribution in [0.25, 0.3) is 0 Å². The highest BCUT2D eigenvalue weighted by Gasteiger charge is 2.16. The fraction of sp³-hybridized carbons (Fsp3) is 0.316. The van der Waals surface area contributed by atoms with Gasteiger partial charge in [-0.05, 0) is 68.1 Å². The zero-order chi connectivity index (χ0) is 19.4. The molecule has 8 heteroatoms. The Morgan fingerprint density at radius 1 is 1.11 bits per heavy atom. The number of amides is 1. The third-order valence-electron chi connectivity index (χ3n) is 4.24. The van der Waals surface area contributed by atoms with Gasteiger partial charge in [-0.1, -0.05) is 11.6 Å². The molecule has 6 nitrogen and oxygen atoms in total. The molecule has 2 N–H and O–H groups in total. The lowest BCUT2D eigenvalue weighted by molar-refractivity contribution is 0.102. The van der Waals surface area contributed by atoms with E-state index in [0.29, 0.717) is 5.69 Å². The van der Waals surface area contributed by atoms with Crippen molar-refractivity contribution in [3.8, 4) is 5.75 Å². The Morgan fingerprint density at radius 3 is 2.41 bits per heavy atom. The molecule has 3 rings (SSSR count). The molecular weight excluding hydrogens is 388 g/mol. The Hall–Kier alpha value is -2.25. The number of anilines is 2. The van der Waals surface area contributed by atoms with E-state index < -0.39 is 10.0 Å². The number of halogens is 1. The SMILES string of the molecule is CS(=O)(=O)Nc1cc(C(=O)Nc2ccc(OC3CCCC3)cc2)ccc1Cl. The van der Waals surface area contributed by atoms with Crippen LogP contribution in [0.3, 0.4) is 0 Å². The predicted molar refractivity (Wildman–Crippen MR) is 107 cm³/mol. The average Bonchev–Trinajstić information content (AvgIpc) is 3.10. The molecule has 0 aromatic heterocycles. The summed E-state index contributed by atoms with van der Waals surface area (Å²) in [6.45, 7) is 0. The number of rotatable bonds is 6. The largest absolute Gasteiger partial charge is 0.490 e. The van der Waals surface area contributed by atoms with Gasteiger partial charge in [0.2, 0.25) is 10.0 Å². The van der Waals surface area contributed by atoms with E-state index in [1.165, 1.54) is 31.0 Å². The second kappa shape index (κ2) is 8.19. The lowest BCUT2D eigenvalue weighted by Crippen LogP contribution is -2.14. The molecule has 0 heterocycles. The fourth-order valence-electron chi connectivity index (χ4n) is 2.96. The van der Waals surface area contributed by atoms with Crippen molar-refractivity contribution in [3.05, 3.63) is 53.1 Å². The van der Waals surface area contributed by atoms with Gasteiger partial charge in [0.25, 0.3) is 5.91 Å². The van der Waals surface area contributed by atoms with Crippen molar-refractivity contribution < 1.29 is 17.9 Å². The summed E-state index contributed by atoms with van der Waals surface area (Å²) >= 11 is 5.98. The highest BCUT2D eigenvalue weighted by Crippen LogP contribution is 2.26. The van der Waals surface area contributed by atoms with Crippen LogP contribution in [0.4, 0.5) is 11.4 Å². The molecule has 27 heavy (non-hydrogen) atoms. The smallest absolute Gasteiger partial charge is 0.255 e. The topological polar surface area (TPSA) is 84.5 Å². The third-order valence-corrected chi connectivity index (χ3v) is 5.16. The molecular formula is C19H21ClN2O4S. The maximum Gasteiger partial charge on any atom is 0.255 e. The highest BCUT2D eigenvalue weighted by atomic mass is 35.5. The Bertz CT molecular complexity index is 923. The minimum atomic E-state index is -3.50. The molecule has 0 atom stereocenters. The van der Waals surface area contributed by atoms with Crippen molar-refractivity contribution in [1.29, 1.82) is 0 Å². The van der Waals surface area contributed by atoms with E-state index >= 15 is 0 Å². The summed E-state index contributed by atoms with van der Waals surface area (Å²) < 4.78 is 31.0. The first-order valence-corrected chi connectivity index (χ1v) is 10.9. The number of nitrogens with one attached hydrogen (secondary N) is 2. The summed E-state index contributed by atoms with van der Waals surface area (Å²) in [7, 11) is -3.50. The first-order chi connectivity index (χ1) is 12.8. The van der Waals surface area contributed by atoms with E-state index in [4.69, 9.17) is 16.3 Å². The highest BCUT2D eigenvalue weighted by molar-refractivity contribution is 7.92. The molecule has 2 aromatic carbocycles. The maximum atomic E-state index is 12.4. The summed E-state index contributed by atoms with van der Waals surface area (Å²) in [6, 6.07) is 11.6. The van der Waals surface area contributed by atoms with Gasteiger partial charge < -0.3 is 10.1 Å². The maximum absolute atomic E-state index is 12.4. The van der Waals surface area contributed by atoms with Gasteiger partial charge in [0.05, 0.1) is 23.1 Å². The molecule has 0 bridgehead atoms. The fourth-order valence-corrected chi connectivity index (χ4v) is 3.75. The van der Waals surface area contributed by atoms with E-state index in [2.05, 4.69) is 10.0 Å². The van der Waals surface area contributed by atoms with Crippen molar-refractivity contribution in [2.45, 2.75) is 31.8 Å². The van der Waals surface area contributed by atoms with Crippen LogP contribution in [0.2, 0.25) is 5.02 Å². The Labute approximate surface area is 163 Å². The molecule has 0 unspecified atom stereocenters. The zero-order valence-electron chi connectivity index (χ0n) is 14.9. The van der Waals surface area contributed by atoms with E-state index in [1.54, 1.807) is 12.1 Å². The second-order valence-corrected chi connectivity index (χ2v) is 8.73. The number of carbonyl (C=O) groups is 1. The van der Waals surface area contributed by atoms with Crippen molar-refractivity contribution >= 4 is 38.9 Å². The summed E-state index contributed by atoms with van der Waals surface area (Å²) in [6.07, 6.45) is 5.87. The predicted octanol–water partition coefficient (Wildman–Crippen LogP) is 4.29. The summed E-state index contributed by atoms with van der Waals surface area (Å²) in [4.78, 5) is 12.4. The van der Waals surface area contributed by atoms with Gasteiger partial charge in [0.1, 0.15) is 5.75 Å². The first kappa shape index (κ1) is 19.5. The quantitative estimate of drug-likeness (QED) is 0.746. The third kappa shape index (κ3) is 5.61. The second-order valence-electron chi connectivity index (χ2n) is 6.57. The van der Waals surface area contributed by atoms with Crippen molar-refractivity contribution in [3.63, 3.8) is 0 Å². The molecule has 144 valence electrons. The summed E-state index contributed by atoms with van der Waals surface area (Å²) in [5.41, 5.74) is 1.07. The van der Waals surface area contributed by atoms with Crippen LogP contribution >= 0.6 is 11.6 Å². The lowest BCUT2D eigenvalue weighted by atomic mass is 10.2. The molecule has 1 amide bonds. The first-order valence-electron chi connectivity index (χ1n) is 8.65. The van der Waals surface area contributed by atoms with Crippen molar-refractivity contribution in [2.75, 3.05) is 16.3 Å². The summed E-state index contributed by atoms with van der Waals surface area (Å²) in [5.74, 6) is 0.415. The van der Waals surface area contributed by atoms with Crippen molar-refractivity contribution in [1.82, 2.24) is 0 Å². The van der Waals surface area contributed by atoms with Gasteiger partial charge >= 0.3 is 0 Å². The monoisotopic (exact) mass is 408 g/mol. The number of benzene rings is 2. The normalized spacial score (nSPS) is 14.7. The molecule has 2 aromatic rings. The van der Waals surface area contributed by atoms with E-state index in [1.807, 2.05) is 12.1 Å². The minimum absolute atomic E-state index is 0.159. The van der Waals surface area contributed by atoms with Gasteiger partial charge in [-0.3, -0.25) is 9.52 Å². The Kier molecular flexibility index (Phi) is 5.92. The molecule has 0 aliphatic heterocycles. The minimum Gasteiger partial charge on any atom is -0.490 e. The van der Waals surface area contributed by atoms with Crippen LogP contribution in [-0.4, -0.2) is 26.7 Å². The number of hydrogen-bond donors (Lipinski definition) is 2. The molecule has 1 aliphatic rings. The number of ether oxygens (including phenoxy) is 1. The van der Waals surface area contributed by atoms with Gasteiger partial charge in [0.15, 0.2) is 0 Å². The van der Waals surface area contributed by atoms with E-state index in [0.717, 1.165) is 24.8 Å². The van der Waals surface area contributed by atoms with Crippen LogP contribution in [0.5, 0.6) is 5.75 Å². The summed E-state index contributed by atoms with van der Waals surface area (Å²) in [5, 5.41) is 2.99. The standard InChI is InChI=1S/C19H21ClN2O4S/c1-27(24,25)22-18-12-13(6-11-17(18)20)19(23)21-14-7-9-16(10-8-14)26-15-4-2-3-5-15/h6-12,15,22H,2-5H2,1H3,(H,21,23). The van der Waals surface area contributed by atoms with E-state index in [-0.39, 0.29) is 28.3 Å². The average molecular weight is 409 g/mol. The molecule has 0 spiro atoms. The van der Waals surface area contributed by atoms with Crippen molar-refractivity contribution in [2.24, 2.45) is 0 Å². The molecule has 1 saturated carbocycles. The zero-order valence-corrected chi connectivity index (χ0v) is 16.4. The number of hydrogen-bond acceptors (Lipinski definition) is 4. The van der Waals surface area contributed by atoms with Crippen LogP contribution in [-0.2, 0) is 10.0 Å². The van der Waals surface area contributed by atoms with Crippen LogP contribution in [0.1, 0.15) is 36.0 Å². The Morgan fingerprint density at radius 2 is 1.78 bits per heavy atom. The van der Waals surface area contributed by atoms with Crippen LogP contribution in [0, 0.1) is 0 Å². The molecule has 1 fully saturated rings. The van der Waals surface area contributed by atoms with E-state index in [9.17, 15) is 13.2 Å². The lowest BCUT2D eigenvalue weighted by Gasteiger charge is -2.13. The van der Waals surface area contributed by atoms with Gasteiger partial charge in [-0.25, -0.2) is 8.42 Å². The molecule has 0 radical (unpaired) electrons. The molecule has 0 saturated heterocycles. The number of carbonyl (C=O) groups excluding carboxylic acids is 1.